The molecule has 1 aliphatic rings. The second-order valence-electron chi connectivity index (χ2n) is 5.12. The zero-order chi connectivity index (χ0) is 13.0. The van der Waals surface area contributed by atoms with Gasteiger partial charge in [0.1, 0.15) is 5.78 Å². The summed E-state index contributed by atoms with van der Waals surface area (Å²) in [6.45, 7) is 12.1. The Bertz CT molecular complexity index is 357. The highest BCUT2D eigenvalue weighted by Gasteiger charge is 2.24. The predicted molar refractivity (Wildman–Crippen MR) is 73.8 cm³/mol. The van der Waals surface area contributed by atoms with Crippen molar-refractivity contribution < 1.29 is 4.79 Å². The van der Waals surface area contributed by atoms with E-state index in [9.17, 15) is 4.79 Å². The van der Waals surface area contributed by atoms with Gasteiger partial charge in [-0.1, -0.05) is 43.7 Å². The minimum atomic E-state index is -0.101. The van der Waals surface area contributed by atoms with E-state index in [-0.39, 0.29) is 11.7 Å². The Hall–Kier alpha value is -1.11. The molecule has 1 rings (SSSR count). The summed E-state index contributed by atoms with van der Waals surface area (Å²) < 4.78 is 0. The molecular formula is C16H24O. The van der Waals surface area contributed by atoms with Gasteiger partial charge >= 0.3 is 0 Å². The lowest BCUT2D eigenvalue weighted by molar-refractivity contribution is -0.118. The van der Waals surface area contributed by atoms with E-state index in [1.54, 1.807) is 6.92 Å². The van der Waals surface area contributed by atoms with Crippen molar-refractivity contribution in [2.45, 2.75) is 47.0 Å². The Balaban J connectivity index is 3.20. The number of rotatable bonds is 5. The van der Waals surface area contributed by atoms with Gasteiger partial charge < -0.3 is 0 Å². The predicted octanol–water partition coefficient (Wildman–Crippen LogP) is 4.46. The molecule has 0 aromatic carbocycles. The summed E-state index contributed by atoms with van der Waals surface area (Å²) in [6, 6.07) is 0. The normalized spacial score (nSPS) is 19.1. The highest BCUT2D eigenvalue weighted by molar-refractivity contribution is 5.85. The van der Waals surface area contributed by atoms with Crippen molar-refractivity contribution in [2.24, 2.45) is 11.8 Å². The molecule has 1 aliphatic carbocycles. The summed E-state index contributed by atoms with van der Waals surface area (Å²) >= 11 is 0. The van der Waals surface area contributed by atoms with Crippen LogP contribution in [0.3, 0.4) is 0 Å². The molecule has 0 fully saturated rings. The molecule has 0 aromatic heterocycles. The van der Waals surface area contributed by atoms with Crippen molar-refractivity contribution in [1.29, 1.82) is 0 Å². The molecule has 0 amide bonds. The van der Waals surface area contributed by atoms with Crippen molar-refractivity contribution in [1.82, 2.24) is 0 Å². The van der Waals surface area contributed by atoms with Gasteiger partial charge in [0.2, 0.25) is 0 Å². The SMILES string of the molecule is C=C(C)C(C(C)=O)C1=C(C(C)CC)CCC=C1. The average molecular weight is 232 g/mol. The second kappa shape index (κ2) is 6.00. The van der Waals surface area contributed by atoms with Crippen molar-refractivity contribution in [3.05, 3.63) is 35.5 Å². The van der Waals surface area contributed by atoms with Crippen LogP contribution in [0.1, 0.15) is 47.0 Å². The van der Waals surface area contributed by atoms with Crippen LogP contribution in [0.5, 0.6) is 0 Å². The number of allylic oxidation sites excluding steroid dienone is 5. The molecule has 2 atom stereocenters. The Morgan fingerprint density at radius 2 is 2.12 bits per heavy atom. The fourth-order valence-electron chi connectivity index (χ4n) is 2.59. The molecule has 0 N–H and O–H groups in total. The maximum absolute atomic E-state index is 11.8. The molecular weight excluding hydrogens is 208 g/mol. The van der Waals surface area contributed by atoms with Crippen LogP contribution in [0.25, 0.3) is 0 Å². The molecule has 0 heterocycles. The summed E-state index contributed by atoms with van der Waals surface area (Å²) in [6.07, 6.45) is 7.65. The summed E-state index contributed by atoms with van der Waals surface area (Å²) in [5.74, 6) is 0.673. The van der Waals surface area contributed by atoms with Gasteiger partial charge in [-0.25, -0.2) is 0 Å². The maximum atomic E-state index is 11.8. The van der Waals surface area contributed by atoms with Gasteiger partial charge in [-0.2, -0.15) is 0 Å². The molecule has 0 radical (unpaired) electrons. The lowest BCUT2D eigenvalue weighted by Crippen LogP contribution is -2.18. The first-order chi connectivity index (χ1) is 7.99. The van der Waals surface area contributed by atoms with Crippen LogP contribution >= 0.6 is 0 Å². The first-order valence-corrected chi connectivity index (χ1v) is 6.54. The van der Waals surface area contributed by atoms with Gasteiger partial charge in [-0.15, -0.1) is 0 Å². The molecule has 2 unspecified atom stereocenters. The molecule has 1 heteroatoms. The lowest BCUT2D eigenvalue weighted by atomic mass is 9.78. The fourth-order valence-corrected chi connectivity index (χ4v) is 2.59. The first kappa shape index (κ1) is 14.0. The first-order valence-electron chi connectivity index (χ1n) is 6.54. The van der Waals surface area contributed by atoms with E-state index in [2.05, 4.69) is 32.6 Å². The third-order valence-electron chi connectivity index (χ3n) is 3.67. The second-order valence-corrected chi connectivity index (χ2v) is 5.12. The Kier molecular flexibility index (Phi) is 4.92. The summed E-state index contributed by atoms with van der Waals surface area (Å²) in [4.78, 5) is 11.8. The highest BCUT2D eigenvalue weighted by Crippen LogP contribution is 2.34. The van der Waals surface area contributed by atoms with Crippen molar-refractivity contribution >= 4 is 5.78 Å². The minimum absolute atomic E-state index is 0.101. The number of Topliss-reactive ketones (excluding diaryl/α,β-unsaturated/α-hetero) is 1. The monoisotopic (exact) mass is 232 g/mol. The number of carbonyl (C=O) groups is 1. The summed E-state index contributed by atoms with van der Waals surface area (Å²) in [5, 5.41) is 0. The zero-order valence-corrected chi connectivity index (χ0v) is 11.5. The molecule has 0 saturated carbocycles. The van der Waals surface area contributed by atoms with E-state index in [0.717, 1.165) is 24.8 Å². The van der Waals surface area contributed by atoms with E-state index in [1.807, 2.05) is 6.92 Å². The molecule has 94 valence electrons. The van der Waals surface area contributed by atoms with Gasteiger partial charge in [0.05, 0.1) is 5.92 Å². The van der Waals surface area contributed by atoms with Crippen molar-refractivity contribution in [3.8, 4) is 0 Å². The van der Waals surface area contributed by atoms with E-state index in [0.29, 0.717) is 5.92 Å². The van der Waals surface area contributed by atoms with Crippen LogP contribution in [0.4, 0.5) is 0 Å². The van der Waals surface area contributed by atoms with Crippen molar-refractivity contribution in [3.63, 3.8) is 0 Å². The topological polar surface area (TPSA) is 17.1 Å². The number of ketones is 1. The molecule has 0 saturated heterocycles. The largest absolute Gasteiger partial charge is 0.299 e. The number of hydrogen-bond donors (Lipinski definition) is 0. The van der Waals surface area contributed by atoms with Gasteiger partial charge in [0.25, 0.3) is 0 Å². The molecule has 0 aliphatic heterocycles. The van der Waals surface area contributed by atoms with Gasteiger partial charge in [-0.05, 0) is 44.6 Å². The molecule has 0 spiro atoms. The van der Waals surface area contributed by atoms with E-state index in [1.165, 1.54) is 11.1 Å². The lowest BCUT2D eigenvalue weighted by Gasteiger charge is -2.26. The van der Waals surface area contributed by atoms with Crippen LogP contribution < -0.4 is 0 Å². The van der Waals surface area contributed by atoms with E-state index >= 15 is 0 Å². The Labute approximate surface area is 105 Å². The molecule has 1 nitrogen and oxygen atoms in total. The minimum Gasteiger partial charge on any atom is -0.299 e. The summed E-state index contributed by atoms with van der Waals surface area (Å²) in [7, 11) is 0. The molecule has 0 aromatic rings. The average Bonchev–Trinajstić information content (AvgIpc) is 2.28. The Morgan fingerprint density at radius 1 is 1.47 bits per heavy atom. The van der Waals surface area contributed by atoms with Gasteiger partial charge in [0, 0.05) is 0 Å². The van der Waals surface area contributed by atoms with Crippen LogP contribution in [-0.2, 0) is 4.79 Å². The summed E-state index contributed by atoms with van der Waals surface area (Å²) in [5.41, 5.74) is 3.63. The molecule has 0 bridgehead atoms. The van der Waals surface area contributed by atoms with Crippen LogP contribution in [0.15, 0.2) is 35.5 Å². The van der Waals surface area contributed by atoms with Gasteiger partial charge in [0.15, 0.2) is 0 Å². The molecule has 17 heavy (non-hydrogen) atoms. The third-order valence-corrected chi connectivity index (χ3v) is 3.67. The fraction of sp³-hybridized carbons (Fsp3) is 0.562. The zero-order valence-electron chi connectivity index (χ0n) is 11.5. The van der Waals surface area contributed by atoms with Gasteiger partial charge in [-0.3, -0.25) is 4.79 Å². The van der Waals surface area contributed by atoms with E-state index in [4.69, 9.17) is 0 Å². The van der Waals surface area contributed by atoms with Crippen LogP contribution in [-0.4, -0.2) is 5.78 Å². The third kappa shape index (κ3) is 3.18. The van der Waals surface area contributed by atoms with Crippen LogP contribution in [0.2, 0.25) is 0 Å². The Morgan fingerprint density at radius 3 is 2.59 bits per heavy atom. The quantitative estimate of drug-likeness (QED) is 0.640. The van der Waals surface area contributed by atoms with Crippen LogP contribution in [0, 0.1) is 11.8 Å². The number of carbonyl (C=O) groups excluding carboxylic acids is 1. The van der Waals surface area contributed by atoms with E-state index < -0.39 is 0 Å². The smallest absolute Gasteiger partial charge is 0.141 e. The standard InChI is InChI=1S/C16H24O/c1-6-12(4)14-9-7-8-10-15(14)16(11(2)3)13(5)17/h8,10,12,16H,2,6-7,9H2,1,3-5H3. The maximum Gasteiger partial charge on any atom is 0.141 e. The number of hydrogen-bond acceptors (Lipinski definition) is 1. The highest BCUT2D eigenvalue weighted by atomic mass is 16.1. The van der Waals surface area contributed by atoms with Crippen molar-refractivity contribution in [2.75, 3.05) is 0 Å².